The van der Waals surface area contributed by atoms with Gasteiger partial charge >= 0.3 is 0 Å². The molecule has 0 N–H and O–H groups in total. The maximum absolute atomic E-state index is 12.6. The second-order valence-corrected chi connectivity index (χ2v) is 5.03. The lowest BCUT2D eigenvalue weighted by atomic mass is 10.1. The van der Waals surface area contributed by atoms with Gasteiger partial charge in [0.25, 0.3) is 5.91 Å². The second-order valence-electron chi connectivity index (χ2n) is 5.03. The molecule has 1 aromatic heterocycles. The van der Waals surface area contributed by atoms with Gasteiger partial charge in [0.2, 0.25) is 5.89 Å². The van der Waals surface area contributed by atoms with E-state index in [9.17, 15) is 4.79 Å². The molecule has 2 heterocycles. The van der Waals surface area contributed by atoms with Crippen LogP contribution in [-0.4, -0.2) is 27.5 Å². The van der Waals surface area contributed by atoms with Gasteiger partial charge in [0.15, 0.2) is 5.82 Å². The van der Waals surface area contributed by atoms with Gasteiger partial charge in [0, 0.05) is 12.1 Å². The number of carbonyl (C=O) groups is 1. The van der Waals surface area contributed by atoms with Crippen LogP contribution in [0.15, 0.2) is 28.8 Å². The van der Waals surface area contributed by atoms with Crippen LogP contribution in [0.4, 0.5) is 0 Å². The Kier molecular flexibility index (Phi) is 3.40. The van der Waals surface area contributed by atoms with Crippen molar-refractivity contribution >= 4 is 5.91 Å². The Balaban J connectivity index is 1.88. The molecule has 1 amide bonds. The van der Waals surface area contributed by atoms with Crippen molar-refractivity contribution in [2.45, 2.75) is 25.8 Å². The van der Waals surface area contributed by atoms with Gasteiger partial charge in [-0.2, -0.15) is 10.2 Å². The van der Waals surface area contributed by atoms with Crippen LogP contribution in [0.2, 0.25) is 0 Å². The summed E-state index contributed by atoms with van der Waals surface area (Å²) >= 11 is 0. The molecule has 1 saturated heterocycles. The highest BCUT2D eigenvalue weighted by molar-refractivity contribution is 5.95. The second kappa shape index (κ2) is 5.37. The first-order chi connectivity index (χ1) is 10.2. The van der Waals surface area contributed by atoms with E-state index in [0.717, 1.165) is 12.8 Å². The normalized spacial score (nSPS) is 17.7. The third-order valence-corrected chi connectivity index (χ3v) is 3.58. The maximum Gasteiger partial charge on any atom is 0.254 e. The van der Waals surface area contributed by atoms with Crippen LogP contribution in [0.1, 0.15) is 46.5 Å². The number of benzene rings is 1. The fourth-order valence-corrected chi connectivity index (χ4v) is 2.60. The predicted octanol–water partition coefficient (Wildman–Crippen LogP) is 2.23. The van der Waals surface area contributed by atoms with E-state index in [1.54, 1.807) is 36.1 Å². The average molecular weight is 282 g/mol. The van der Waals surface area contributed by atoms with E-state index < -0.39 is 0 Å². The smallest absolute Gasteiger partial charge is 0.254 e. The minimum absolute atomic E-state index is 0.106. The van der Waals surface area contributed by atoms with Gasteiger partial charge in [-0.25, -0.2) is 0 Å². The molecule has 1 aromatic carbocycles. The Morgan fingerprint density at radius 1 is 1.52 bits per heavy atom. The molecule has 6 nitrogen and oxygen atoms in total. The molecule has 1 fully saturated rings. The molecule has 106 valence electrons. The zero-order valence-electron chi connectivity index (χ0n) is 11.6. The van der Waals surface area contributed by atoms with Gasteiger partial charge in [-0.3, -0.25) is 4.79 Å². The van der Waals surface area contributed by atoms with Crippen LogP contribution in [0.3, 0.4) is 0 Å². The number of carbonyl (C=O) groups excluding carboxylic acids is 1. The molecule has 0 aliphatic carbocycles. The number of hydrogen-bond donors (Lipinski definition) is 0. The number of nitrogens with zero attached hydrogens (tertiary/aromatic N) is 4. The van der Waals surface area contributed by atoms with Crippen LogP contribution in [0.5, 0.6) is 0 Å². The summed E-state index contributed by atoms with van der Waals surface area (Å²) < 4.78 is 5.20. The molecule has 6 heteroatoms. The zero-order chi connectivity index (χ0) is 14.8. The summed E-state index contributed by atoms with van der Waals surface area (Å²) in [6.07, 6.45) is 1.71. The fraction of sp³-hybridized carbons (Fsp3) is 0.333. The van der Waals surface area contributed by atoms with Crippen molar-refractivity contribution < 1.29 is 9.32 Å². The van der Waals surface area contributed by atoms with Crippen LogP contribution in [0, 0.1) is 18.3 Å². The number of aryl methyl sites for hydroxylation is 1. The van der Waals surface area contributed by atoms with E-state index in [0.29, 0.717) is 29.4 Å². The maximum atomic E-state index is 12.6. The lowest BCUT2D eigenvalue weighted by molar-refractivity contribution is 0.0710. The fourth-order valence-electron chi connectivity index (χ4n) is 2.60. The molecule has 1 aliphatic heterocycles. The minimum atomic E-state index is -0.176. The van der Waals surface area contributed by atoms with Gasteiger partial charge < -0.3 is 9.42 Å². The summed E-state index contributed by atoms with van der Waals surface area (Å²) in [6, 6.07) is 8.59. The Bertz CT molecular complexity index is 716. The molecule has 0 bridgehead atoms. The summed E-state index contributed by atoms with van der Waals surface area (Å²) in [5.74, 6) is 0.941. The largest absolute Gasteiger partial charge is 0.337 e. The molecule has 21 heavy (non-hydrogen) atoms. The monoisotopic (exact) mass is 282 g/mol. The number of rotatable bonds is 2. The topological polar surface area (TPSA) is 83.0 Å². The first kappa shape index (κ1) is 13.3. The summed E-state index contributed by atoms with van der Waals surface area (Å²) in [5.41, 5.74) is 0.988. The van der Waals surface area contributed by atoms with Crippen LogP contribution in [0.25, 0.3) is 0 Å². The molecule has 1 aliphatic rings. The van der Waals surface area contributed by atoms with Crippen LogP contribution in [-0.2, 0) is 0 Å². The molecule has 0 spiro atoms. The van der Waals surface area contributed by atoms with E-state index in [1.165, 1.54) is 0 Å². The van der Waals surface area contributed by atoms with Gasteiger partial charge in [-0.15, -0.1) is 0 Å². The lowest BCUT2D eigenvalue weighted by Gasteiger charge is -2.21. The Morgan fingerprint density at radius 2 is 2.38 bits per heavy atom. The molecule has 1 unspecified atom stereocenters. The highest BCUT2D eigenvalue weighted by Crippen LogP contribution is 2.32. The van der Waals surface area contributed by atoms with Crippen LogP contribution >= 0.6 is 0 Å². The lowest BCUT2D eigenvalue weighted by Crippen LogP contribution is -2.30. The van der Waals surface area contributed by atoms with Gasteiger partial charge in [-0.05, 0) is 38.0 Å². The highest BCUT2D eigenvalue weighted by Gasteiger charge is 2.34. The molecule has 1 atom stereocenters. The summed E-state index contributed by atoms with van der Waals surface area (Å²) in [6.45, 7) is 2.41. The quantitative estimate of drug-likeness (QED) is 0.843. The van der Waals surface area contributed by atoms with Crippen molar-refractivity contribution in [1.82, 2.24) is 15.0 Å². The zero-order valence-corrected chi connectivity index (χ0v) is 11.6. The predicted molar refractivity (Wildman–Crippen MR) is 73.2 cm³/mol. The Labute approximate surface area is 122 Å². The molecular weight excluding hydrogens is 268 g/mol. The third-order valence-electron chi connectivity index (χ3n) is 3.58. The van der Waals surface area contributed by atoms with Crippen molar-refractivity contribution in [3.8, 4) is 6.07 Å². The highest BCUT2D eigenvalue weighted by atomic mass is 16.5. The third kappa shape index (κ3) is 2.50. The van der Waals surface area contributed by atoms with Crippen molar-refractivity contribution in [1.29, 1.82) is 5.26 Å². The van der Waals surface area contributed by atoms with Crippen molar-refractivity contribution in [3.63, 3.8) is 0 Å². The van der Waals surface area contributed by atoms with Gasteiger partial charge in [-0.1, -0.05) is 11.2 Å². The minimum Gasteiger partial charge on any atom is -0.337 e. The standard InChI is InChI=1S/C15H14N4O2/c1-10-17-14(21-18-10)13-6-3-7-19(13)15(20)12-5-2-4-11(8-12)9-16/h2,4-5,8,13H,3,6-7H2,1H3. The molecular formula is C15H14N4O2. The number of aromatic nitrogens is 2. The van der Waals surface area contributed by atoms with Crippen LogP contribution < -0.4 is 0 Å². The van der Waals surface area contributed by atoms with E-state index in [4.69, 9.17) is 9.78 Å². The van der Waals surface area contributed by atoms with E-state index in [2.05, 4.69) is 10.1 Å². The van der Waals surface area contributed by atoms with Crippen molar-refractivity contribution in [2.24, 2.45) is 0 Å². The first-order valence-corrected chi connectivity index (χ1v) is 6.80. The number of hydrogen-bond acceptors (Lipinski definition) is 5. The van der Waals surface area contributed by atoms with Gasteiger partial charge in [0.05, 0.1) is 11.6 Å². The average Bonchev–Trinajstić information content (AvgIpc) is 3.15. The summed E-state index contributed by atoms with van der Waals surface area (Å²) in [5, 5.41) is 12.7. The molecule has 3 rings (SSSR count). The molecule has 2 aromatic rings. The van der Waals surface area contributed by atoms with E-state index in [1.807, 2.05) is 6.07 Å². The molecule has 0 saturated carbocycles. The van der Waals surface area contributed by atoms with E-state index >= 15 is 0 Å². The number of nitriles is 1. The summed E-state index contributed by atoms with van der Waals surface area (Å²) in [7, 11) is 0. The SMILES string of the molecule is Cc1noc(C2CCCN2C(=O)c2cccc(C#N)c2)n1. The van der Waals surface area contributed by atoms with Crippen molar-refractivity contribution in [2.75, 3.05) is 6.54 Å². The summed E-state index contributed by atoms with van der Waals surface area (Å²) in [4.78, 5) is 18.6. The number of amides is 1. The number of likely N-dealkylation sites (tertiary alicyclic amines) is 1. The Morgan fingerprint density at radius 3 is 3.10 bits per heavy atom. The van der Waals surface area contributed by atoms with E-state index in [-0.39, 0.29) is 11.9 Å². The first-order valence-electron chi connectivity index (χ1n) is 6.80. The van der Waals surface area contributed by atoms with Gasteiger partial charge in [0.1, 0.15) is 6.04 Å². The van der Waals surface area contributed by atoms with Crippen molar-refractivity contribution in [3.05, 3.63) is 47.1 Å². The Hall–Kier alpha value is -2.68. The molecule has 0 radical (unpaired) electrons.